The summed E-state index contributed by atoms with van der Waals surface area (Å²) in [7, 11) is 0. The number of rotatable bonds is 15. The van der Waals surface area contributed by atoms with E-state index >= 15 is 0 Å². The molecule has 0 saturated carbocycles. The molecule has 0 radical (unpaired) electrons. The van der Waals surface area contributed by atoms with Crippen LogP contribution in [0.3, 0.4) is 0 Å². The van der Waals surface area contributed by atoms with Crippen LogP contribution in [0.2, 0.25) is 0 Å². The average molecular weight is 919 g/mol. The molecule has 0 N–H and O–H groups in total. The maximum atomic E-state index is 13.0. The third-order valence-corrected chi connectivity index (χ3v) is 7.30. The number of benzene rings is 4. The van der Waals surface area contributed by atoms with E-state index in [0.29, 0.717) is 0 Å². The van der Waals surface area contributed by atoms with Crippen LogP contribution in [0.4, 0.5) is 0 Å². The zero-order chi connectivity index (χ0) is 49.2. The van der Waals surface area contributed by atoms with E-state index in [1.807, 2.05) is 0 Å². The van der Waals surface area contributed by atoms with Gasteiger partial charge in [-0.2, -0.15) is 0 Å². The van der Waals surface area contributed by atoms with Crippen molar-refractivity contribution in [2.45, 2.75) is 69.2 Å². The number of carbonyl (C=O) groups excluding carboxylic acids is 10. The minimum Gasteiger partial charge on any atom is -0.449 e. The molecule has 0 fully saturated rings. The van der Waals surface area contributed by atoms with Gasteiger partial charge in [-0.05, 0) is 0 Å². The molecule has 0 aliphatic rings. The molecular weight excluding hydrogens is 880 g/mol. The lowest BCUT2D eigenvalue weighted by molar-refractivity contribution is -0.134. The van der Waals surface area contributed by atoms with Crippen molar-refractivity contribution in [1.29, 1.82) is 0 Å². The van der Waals surface area contributed by atoms with Crippen molar-refractivity contribution in [3.05, 3.63) is 48.5 Å². The maximum absolute atomic E-state index is 13.0. The first-order chi connectivity index (χ1) is 30.9. The standard InChI is InChI=1S/C44H38O22/c1-19(45)55-29-11-30(65-42-37(61-25(7)51)16-33(57-21(3)47)17-38(42)62-26(8)52)13-31(12-29)66-43-39(63-27(9)53)18-36(60-24(6)50)41(44(43)64-28(10)54)40-34(58-22(4)48)14-32(56-20(2)46)15-35(40)59-23(5)49/h11-18H,1-10H3. The molecule has 66 heavy (non-hydrogen) atoms. The smallest absolute Gasteiger partial charge is 0.308 e. The minimum atomic E-state index is -1.10. The van der Waals surface area contributed by atoms with Crippen LogP contribution in [-0.2, 0) is 47.9 Å². The fourth-order valence-electron chi connectivity index (χ4n) is 5.61. The molecule has 22 heteroatoms. The summed E-state index contributed by atoms with van der Waals surface area (Å²) in [6, 6.07) is 8.39. The Labute approximate surface area is 373 Å². The lowest BCUT2D eigenvalue weighted by Crippen LogP contribution is -2.13. The highest BCUT2D eigenvalue weighted by atomic mass is 16.6. The summed E-state index contributed by atoms with van der Waals surface area (Å²) in [5, 5.41) is 0. The minimum absolute atomic E-state index is 0.237. The van der Waals surface area contributed by atoms with Crippen LogP contribution in [-0.4, -0.2) is 59.7 Å². The van der Waals surface area contributed by atoms with E-state index in [4.69, 9.17) is 56.8 Å². The summed E-state index contributed by atoms with van der Waals surface area (Å²) in [6.07, 6.45) is 0. The first-order valence-corrected chi connectivity index (χ1v) is 18.8. The predicted octanol–water partition coefficient (Wildman–Crippen LogP) is 6.19. The molecule has 0 aromatic heterocycles. The molecule has 0 unspecified atom stereocenters. The molecule has 346 valence electrons. The van der Waals surface area contributed by atoms with Gasteiger partial charge in [-0.1, -0.05) is 0 Å². The van der Waals surface area contributed by atoms with Gasteiger partial charge < -0.3 is 56.8 Å². The number of ether oxygens (including phenoxy) is 12. The Morgan fingerprint density at radius 3 is 0.848 bits per heavy atom. The van der Waals surface area contributed by atoms with Crippen molar-refractivity contribution >= 4 is 59.7 Å². The molecule has 0 aliphatic heterocycles. The van der Waals surface area contributed by atoms with Crippen molar-refractivity contribution in [3.8, 4) is 91.6 Å². The number of carbonyl (C=O) groups is 10. The predicted molar refractivity (Wildman–Crippen MR) is 218 cm³/mol. The normalized spacial score (nSPS) is 10.3. The average Bonchev–Trinajstić information content (AvgIpc) is 3.12. The maximum Gasteiger partial charge on any atom is 0.308 e. The number of esters is 10. The van der Waals surface area contributed by atoms with Gasteiger partial charge in [-0.3, -0.25) is 47.9 Å². The highest BCUT2D eigenvalue weighted by molar-refractivity contribution is 5.95. The van der Waals surface area contributed by atoms with Crippen molar-refractivity contribution in [1.82, 2.24) is 0 Å². The number of hydrogen-bond acceptors (Lipinski definition) is 22. The van der Waals surface area contributed by atoms with Gasteiger partial charge >= 0.3 is 59.7 Å². The summed E-state index contributed by atoms with van der Waals surface area (Å²) < 4.78 is 66.0. The van der Waals surface area contributed by atoms with E-state index in [9.17, 15) is 47.9 Å². The second kappa shape index (κ2) is 21.5. The molecule has 4 rings (SSSR count). The highest BCUT2D eigenvalue weighted by Gasteiger charge is 2.33. The Morgan fingerprint density at radius 1 is 0.242 bits per heavy atom. The second-order valence-corrected chi connectivity index (χ2v) is 13.2. The molecule has 0 heterocycles. The van der Waals surface area contributed by atoms with Gasteiger partial charge in [-0.15, -0.1) is 0 Å². The quantitative estimate of drug-likeness (QED) is 0.0948. The third kappa shape index (κ3) is 14.1. The summed E-state index contributed by atoms with van der Waals surface area (Å²) in [4.78, 5) is 124. The SMILES string of the molecule is CC(=O)Oc1cc(Oc2c(OC(C)=O)cc(OC(C)=O)cc2OC(C)=O)cc(Oc2c(OC(C)=O)cc(OC(C)=O)c(-c3c(OC(C)=O)cc(OC(C)=O)cc3OC(C)=O)c2OC(C)=O)c1. The topological polar surface area (TPSA) is 281 Å². The van der Waals surface area contributed by atoms with Gasteiger partial charge in [0.1, 0.15) is 46.0 Å². The lowest BCUT2D eigenvalue weighted by Gasteiger charge is -2.23. The molecule has 0 atom stereocenters. The van der Waals surface area contributed by atoms with Crippen LogP contribution < -0.4 is 56.8 Å². The summed E-state index contributed by atoms with van der Waals surface area (Å²) >= 11 is 0. The monoisotopic (exact) mass is 918 g/mol. The molecule has 0 aliphatic carbocycles. The van der Waals surface area contributed by atoms with Crippen LogP contribution in [0.15, 0.2) is 48.5 Å². The van der Waals surface area contributed by atoms with Gasteiger partial charge in [0.15, 0.2) is 23.0 Å². The van der Waals surface area contributed by atoms with Crippen molar-refractivity contribution in [3.63, 3.8) is 0 Å². The molecule has 0 saturated heterocycles. The number of hydrogen-bond donors (Lipinski definition) is 0. The fraction of sp³-hybridized carbons (Fsp3) is 0.227. The largest absolute Gasteiger partial charge is 0.449 e. The van der Waals surface area contributed by atoms with Crippen LogP contribution >= 0.6 is 0 Å². The first kappa shape index (κ1) is 49.8. The van der Waals surface area contributed by atoms with E-state index in [0.717, 1.165) is 118 Å². The Hall–Kier alpha value is -8.82. The van der Waals surface area contributed by atoms with E-state index < -0.39 is 128 Å². The Balaban J connectivity index is 2.17. The van der Waals surface area contributed by atoms with Gasteiger partial charge in [0.2, 0.25) is 11.5 Å². The van der Waals surface area contributed by atoms with Crippen LogP contribution in [0.25, 0.3) is 11.1 Å². The summed E-state index contributed by atoms with van der Waals surface area (Å²) in [6.45, 7) is 10.1. The molecular formula is C44H38O22. The highest BCUT2D eigenvalue weighted by Crippen LogP contribution is 2.57. The van der Waals surface area contributed by atoms with E-state index in [-0.39, 0.29) is 23.0 Å². The van der Waals surface area contributed by atoms with Gasteiger partial charge in [0.25, 0.3) is 0 Å². The van der Waals surface area contributed by atoms with Gasteiger partial charge in [-0.25, -0.2) is 0 Å². The van der Waals surface area contributed by atoms with E-state index in [1.165, 1.54) is 0 Å². The zero-order valence-electron chi connectivity index (χ0n) is 36.6. The van der Waals surface area contributed by atoms with Crippen molar-refractivity contribution in [2.24, 2.45) is 0 Å². The van der Waals surface area contributed by atoms with Crippen molar-refractivity contribution < 1.29 is 105 Å². The Kier molecular flexibility index (Phi) is 16.2. The van der Waals surface area contributed by atoms with Crippen LogP contribution in [0.1, 0.15) is 69.2 Å². The fourth-order valence-corrected chi connectivity index (χ4v) is 5.61. The third-order valence-electron chi connectivity index (χ3n) is 7.30. The van der Waals surface area contributed by atoms with Gasteiger partial charge in [0.05, 0.1) is 11.1 Å². The molecule has 22 nitrogen and oxygen atoms in total. The molecule has 4 aromatic rings. The molecule has 0 spiro atoms. The Bertz CT molecular complexity index is 2620. The molecule has 0 amide bonds. The van der Waals surface area contributed by atoms with Crippen molar-refractivity contribution in [2.75, 3.05) is 0 Å². The van der Waals surface area contributed by atoms with E-state index in [1.54, 1.807) is 0 Å². The second-order valence-electron chi connectivity index (χ2n) is 13.2. The Morgan fingerprint density at radius 2 is 0.500 bits per heavy atom. The summed E-state index contributed by atoms with van der Waals surface area (Å²) in [5.74, 6) is -16.1. The van der Waals surface area contributed by atoms with Crippen LogP contribution in [0, 0.1) is 0 Å². The first-order valence-electron chi connectivity index (χ1n) is 18.8. The van der Waals surface area contributed by atoms with E-state index in [2.05, 4.69) is 0 Å². The molecule has 0 bridgehead atoms. The summed E-state index contributed by atoms with van der Waals surface area (Å²) in [5.41, 5.74) is -1.00. The zero-order valence-corrected chi connectivity index (χ0v) is 36.6. The van der Waals surface area contributed by atoms with Gasteiger partial charge in [0, 0.05) is 118 Å². The van der Waals surface area contributed by atoms with Crippen LogP contribution in [0.5, 0.6) is 80.5 Å². The lowest BCUT2D eigenvalue weighted by atomic mass is 9.99. The molecule has 4 aromatic carbocycles.